The Morgan fingerprint density at radius 1 is 1.67 bits per heavy atom. The molecule has 1 nitrogen and oxygen atoms in total. The van der Waals surface area contributed by atoms with Gasteiger partial charge in [0.2, 0.25) is 0 Å². The van der Waals surface area contributed by atoms with Gasteiger partial charge in [0.25, 0.3) is 0 Å². The number of alkyl halides is 1. The zero-order chi connectivity index (χ0) is 8.39. The second kappa shape index (κ2) is 3.77. The third-order valence-corrected chi connectivity index (χ3v) is 3.39. The van der Waals surface area contributed by atoms with Gasteiger partial charge in [-0.3, -0.25) is 4.90 Å². The average Bonchev–Trinajstić information content (AvgIpc) is 2.63. The Morgan fingerprint density at radius 2 is 2.58 bits per heavy atom. The lowest BCUT2D eigenvalue weighted by molar-refractivity contribution is 0.335. The van der Waals surface area contributed by atoms with Gasteiger partial charge in [-0.1, -0.05) is 6.07 Å². The summed E-state index contributed by atoms with van der Waals surface area (Å²) in [4.78, 5) is 3.87. The Morgan fingerprint density at radius 3 is 3.17 bits per heavy atom. The molecule has 1 aromatic rings. The minimum atomic E-state index is 0.380. The van der Waals surface area contributed by atoms with Gasteiger partial charge in [0.1, 0.15) is 0 Å². The lowest BCUT2D eigenvalue weighted by Crippen LogP contribution is -2.19. The van der Waals surface area contributed by atoms with E-state index in [1.807, 2.05) is 11.3 Å². The first-order valence-electron chi connectivity index (χ1n) is 4.23. The maximum atomic E-state index is 6.01. The Kier molecular flexibility index (Phi) is 2.69. The van der Waals surface area contributed by atoms with E-state index in [1.165, 1.54) is 4.88 Å². The molecule has 1 aromatic heterocycles. The van der Waals surface area contributed by atoms with Crippen molar-refractivity contribution in [3.8, 4) is 0 Å². The summed E-state index contributed by atoms with van der Waals surface area (Å²) in [7, 11) is 0. The van der Waals surface area contributed by atoms with Crippen LogP contribution in [0.25, 0.3) is 0 Å². The number of thiophene rings is 1. The summed E-state index contributed by atoms with van der Waals surface area (Å²) in [5.74, 6) is 0. The van der Waals surface area contributed by atoms with E-state index in [0.717, 1.165) is 26.1 Å². The number of hydrogen-bond donors (Lipinski definition) is 0. The van der Waals surface area contributed by atoms with Crippen LogP contribution in [0.3, 0.4) is 0 Å². The Balaban J connectivity index is 1.88. The van der Waals surface area contributed by atoms with Crippen LogP contribution in [0.2, 0.25) is 0 Å². The fourth-order valence-electron chi connectivity index (χ4n) is 1.55. The van der Waals surface area contributed by atoms with E-state index >= 15 is 0 Å². The number of hydrogen-bond acceptors (Lipinski definition) is 2. The summed E-state index contributed by atoms with van der Waals surface area (Å²) in [6.07, 6.45) is 1.15. The highest BCUT2D eigenvalue weighted by Crippen LogP contribution is 2.19. The maximum absolute atomic E-state index is 6.01. The number of rotatable bonds is 2. The summed E-state index contributed by atoms with van der Waals surface area (Å²) in [6.45, 7) is 3.30. The summed E-state index contributed by atoms with van der Waals surface area (Å²) in [5.41, 5.74) is 0. The summed E-state index contributed by atoms with van der Waals surface area (Å²) in [5, 5.41) is 2.51. The third-order valence-electron chi connectivity index (χ3n) is 2.17. The van der Waals surface area contributed by atoms with E-state index in [2.05, 4.69) is 22.4 Å². The molecule has 0 spiro atoms. The van der Waals surface area contributed by atoms with Crippen molar-refractivity contribution in [2.75, 3.05) is 13.1 Å². The molecule has 66 valence electrons. The summed E-state index contributed by atoms with van der Waals surface area (Å²) >= 11 is 7.84. The van der Waals surface area contributed by atoms with E-state index in [1.54, 1.807) is 0 Å². The van der Waals surface area contributed by atoms with Gasteiger partial charge < -0.3 is 0 Å². The van der Waals surface area contributed by atoms with Crippen LogP contribution in [0, 0.1) is 0 Å². The number of nitrogens with zero attached hydrogens (tertiary/aromatic N) is 1. The third kappa shape index (κ3) is 2.00. The van der Waals surface area contributed by atoms with Crippen LogP contribution in [0.15, 0.2) is 17.5 Å². The monoisotopic (exact) mass is 201 g/mol. The SMILES string of the molecule is ClC1CCN(Cc2cccs2)C1. The quantitative estimate of drug-likeness (QED) is 0.665. The molecule has 2 heterocycles. The molecular formula is C9H12ClNS. The molecule has 2 rings (SSSR count). The van der Waals surface area contributed by atoms with Gasteiger partial charge in [-0.05, 0) is 17.9 Å². The van der Waals surface area contributed by atoms with Gasteiger partial charge in [0, 0.05) is 29.9 Å². The fourth-order valence-corrected chi connectivity index (χ4v) is 2.59. The molecule has 0 radical (unpaired) electrons. The van der Waals surface area contributed by atoms with Crippen LogP contribution in [-0.2, 0) is 6.54 Å². The van der Waals surface area contributed by atoms with Gasteiger partial charge in [0.05, 0.1) is 0 Å². The molecule has 12 heavy (non-hydrogen) atoms. The smallest absolute Gasteiger partial charge is 0.0475 e. The topological polar surface area (TPSA) is 3.24 Å². The van der Waals surface area contributed by atoms with Crippen LogP contribution in [0.5, 0.6) is 0 Å². The zero-order valence-corrected chi connectivity index (χ0v) is 8.44. The Labute approximate surface area is 82.0 Å². The first-order chi connectivity index (χ1) is 5.84. The normalized spacial score (nSPS) is 24.9. The maximum Gasteiger partial charge on any atom is 0.0475 e. The first kappa shape index (κ1) is 8.54. The van der Waals surface area contributed by atoms with E-state index in [9.17, 15) is 0 Å². The van der Waals surface area contributed by atoms with Crippen molar-refractivity contribution in [2.45, 2.75) is 18.3 Å². The molecular weight excluding hydrogens is 190 g/mol. The number of likely N-dealkylation sites (tertiary alicyclic amines) is 1. The van der Waals surface area contributed by atoms with Crippen molar-refractivity contribution in [2.24, 2.45) is 0 Å². The molecule has 3 heteroatoms. The van der Waals surface area contributed by atoms with Crippen molar-refractivity contribution >= 4 is 22.9 Å². The summed E-state index contributed by atoms with van der Waals surface area (Å²) in [6, 6.07) is 4.29. The molecule has 0 amide bonds. The first-order valence-corrected chi connectivity index (χ1v) is 5.55. The summed E-state index contributed by atoms with van der Waals surface area (Å²) < 4.78 is 0. The average molecular weight is 202 g/mol. The molecule has 1 saturated heterocycles. The second-order valence-corrected chi connectivity index (χ2v) is 4.85. The minimum absolute atomic E-state index is 0.380. The van der Waals surface area contributed by atoms with Crippen LogP contribution >= 0.6 is 22.9 Å². The molecule has 1 aliphatic rings. The van der Waals surface area contributed by atoms with Crippen LogP contribution < -0.4 is 0 Å². The van der Waals surface area contributed by atoms with Gasteiger partial charge >= 0.3 is 0 Å². The minimum Gasteiger partial charge on any atom is -0.297 e. The molecule has 1 fully saturated rings. The molecule has 1 unspecified atom stereocenters. The number of halogens is 1. The molecule has 0 aromatic carbocycles. The molecule has 0 aliphatic carbocycles. The molecule has 1 aliphatic heterocycles. The molecule has 1 atom stereocenters. The van der Waals surface area contributed by atoms with Crippen molar-refractivity contribution in [1.82, 2.24) is 4.90 Å². The van der Waals surface area contributed by atoms with Crippen LogP contribution in [0.4, 0.5) is 0 Å². The lowest BCUT2D eigenvalue weighted by atomic mass is 10.4. The van der Waals surface area contributed by atoms with Gasteiger partial charge in [-0.15, -0.1) is 22.9 Å². The van der Waals surface area contributed by atoms with Crippen LogP contribution in [0.1, 0.15) is 11.3 Å². The Bertz CT molecular complexity index is 235. The fraction of sp³-hybridized carbons (Fsp3) is 0.556. The van der Waals surface area contributed by atoms with Gasteiger partial charge in [-0.2, -0.15) is 0 Å². The standard InChI is InChI=1S/C9H12ClNS/c10-8-3-4-11(6-8)7-9-2-1-5-12-9/h1-2,5,8H,3-4,6-7H2. The van der Waals surface area contributed by atoms with E-state index in [-0.39, 0.29) is 0 Å². The lowest BCUT2D eigenvalue weighted by Gasteiger charge is -2.12. The molecule has 0 saturated carbocycles. The van der Waals surface area contributed by atoms with Crippen molar-refractivity contribution < 1.29 is 0 Å². The largest absolute Gasteiger partial charge is 0.297 e. The molecule has 0 N–H and O–H groups in total. The Hall–Kier alpha value is -0.0500. The highest BCUT2D eigenvalue weighted by atomic mass is 35.5. The van der Waals surface area contributed by atoms with Crippen molar-refractivity contribution in [3.05, 3.63) is 22.4 Å². The predicted octanol–water partition coefficient (Wildman–Crippen LogP) is 2.56. The predicted molar refractivity (Wildman–Crippen MR) is 53.9 cm³/mol. The van der Waals surface area contributed by atoms with Crippen molar-refractivity contribution in [1.29, 1.82) is 0 Å². The van der Waals surface area contributed by atoms with E-state index < -0.39 is 0 Å². The van der Waals surface area contributed by atoms with Gasteiger partial charge in [-0.25, -0.2) is 0 Å². The van der Waals surface area contributed by atoms with Crippen molar-refractivity contribution in [3.63, 3.8) is 0 Å². The van der Waals surface area contributed by atoms with Crippen LogP contribution in [-0.4, -0.2) is 23.4 Å². The highest BCUT2D eigenvalue weighted by Gasteiger charge is 2.19. The van der Waals surface area contributed by atoms with E-state index in [0.29, 0.717) is 5.38 Å². The second-order valence-electron chi connectivity index (χ2n) is 3.20. The zero-order valence-electron chi connectivity index (χ0n) is 6.87. The van der Waals surface area contributed by atoms with E-state index in [4.69, 9.17) is 11.6 Å². The highest BCUT2D eigenvalue weighted by molar-refractivity contribution is 7.09. The van der Waals surface area contributed by atoms with Gasteiger partial charge in [0.15, 0.2) is 0 Å². The molecule has 0 bridgehead atoms.